The quantitative estimate of drug-likeness (QED) is 0.447. The number of hydrogen-bond donors (Lipinski definition) is 0. The van der Waals surface area contributed by atoms with E-state index >= 15 is 0 Å². The smallest absolute Gasteiger partial charge is 0.258 e. The average Bonchev–Trinajstić information content (AvgIpc) is 2.54. The molecule has 0 radical (unpaired) electrons. The van der Waals surface area contributed by atoms with Gasteiger partial charge in [-0.25, -0.2) is 0 Å². The van der Waals surface area contributed by atoms with Crippen LogP contribution in [0, 0.1) is 17.0 Å². The van der Waals surface area contributed by atoms with Crippen molar-refractivity contribution in [3.63, 3.8) is 0 Å². The number of nitro benzene ring substituents is 1. The molecule has 128 valence electrons. The molecule has 0 spiro atoms. The third kappa shape index (κ3) is 3.58. The summed E-state index contributed by atoms with van der Waals surface area (Å²) in [5.41, 5.74) is -0.191. The Morgan fingerprint density at radius 3 is 2.52 bits per heavy atom. The summed E-state index contributed by atoms with van der Waals surface area (Å²) in [6.45, 7) is 1.82. The van der Waals surface area contributed by atoms with Crippen LogP contribution in [0.3, 0.4) is 0 Å². The number of aryl methyl sites for hydroxylation is 1. The summed E-state index contributed by atoms with van der Waals surface area (Å²) in [6.07, 6.45) is -4.63. The maximum Gasteiger partial charge on any atom is 0.416 e. The van der Waals surface area contributed by atoms with Crippen LogP contribution in [0.15, 0.2) is 58.3 Å². The molecule has 25 heavy (non-hydrogen) atoms. The number of fused-ring (bicyclic) bond motifs is 1. The van der Waals surface area contributed by atoms with Gasteiger partial charge in [-0.1, -0.05) is 30.0 Å². The average molecular weight is 364 g/mol. The monoisotopic (exact) mass is 364 g/mol. The lowest BCUT2D eigenvalue weighted by Crippen LogP contribution is -2.05. The number of nitro groups is 1. The van der Waals surface area contributed by atoms with Crippen LogP contribution in [0.25, 0.3) is 10.9 Å². The Labute approximate surface area is 144 Å². The van der Waals surface area contributed by atoms with E-state index in [2.05, 4.69) is 4.98 Å². The molecular formula is C17H11F3N2O2S. The fourth-order valence-corrected chi connectivity index (χ4v) is 3.36. The molecule has 0 aliphatic carbocycles. The van der Waals surface area contributed by atoms with E-state index in [1.54, 1.807) is 12.1 Å². The first-order valence-electron chi connectivity index (χ1n) is 7.15. The summed E-state index contributed by atoms with van der Waals surface area (Å²) in [7, 11) is 0. The first-order valence-corrected chi connectivity index (χ1v) is 7.97. The number of halogens is 3. The van der Waals surface area contributed by atoms with Gasteiger partial charge in [-0.15, -0.1) is 0 Å². The van der Waals surface area contributed by atoms with Crippen molar-refractivity contribution in [1.29, 1.82) is 0 Å². The van der Waals surface area contributed by atoms with Crippen LogP contribution in [0.1, 0.15) is 11.3 Å². The highest BCUT2D eigenvalue weighted by molar-refractivity contribution is 7.99. The predicted molar refractivity (Wildman–Crippen MR) is 88.7 cm³/mol. The van der Waals surface area contributed by atoms with Crippen molar-refractivity contribution in [2.45, 2.75) is 22.9 Å². The van der Waals surface area contributed by atoms with Crippen molar-refractivity contribution in [3.05, 3.63) is 69.9 Å². The highest BCUT2D eigenvalue weighted by Crippen LogP contribution is 2.40. The molecule has 0 unspecified atom stereocenters. The number of para-hydroxylation sites is 1. The van der Waals surface area contributed by atoms with E-state index in [9.17, 15) is 23.3 Å². The number of rotatable bonds is 3. The van der Waals surface area contributed by atoms with E-state index in [0.29, 0.717) is 16.5 Å². The summed E-state index contributed by atoms with van der Waals surface area (Å²) in [6, 6.07) is 11.6. The van der Waals surface area contributed by atoms with Crippen molar-refractivity contribution in [1.82, 2.24) is 4.98 Å². The van der Waals surface area contributed by atoms with Crippen molar-refractivity contribution in [3.8, 4) is 0 Å². The van der Waals surface area contributed by atoms with Gasteiger partial charge >= 0.3 is 6.18 Å². The predicted octanol–water partition coefficient (Wildman–Crippen LogP) is 5.62. The highest BCUT2D eigenvalue weighted by Gasteiger charge is 2.33. The molecule has 1 aromatic heterocycles. The molecule has 0 saturated carbocycles. The molecule has 8 heteroatoms. The standard InChI is InChI=1S/C17H11F3N2O2S/c1-10-5-6-11-3-2-4-15(16(11)21-10)25-14-8-7-12(17(18,19)20)9-13(14)22(23)24/h2-9H,1H3. The third-order valence-electron chi connectivity index (χ3n) is 3.53. The molecule has 0 saturated heterocycles. The van der Waals surface area contributed by atoms with E-state index in [-0.39, 0.29) is 4.90 Å². The van der Waals surface area contributed by atoms with Crippen LogP contribution in [-0.4, -0.2) is 9.91 Å². The summed E-state index contributed by atoms with van der Waals surface area (Å²) in [5.74, 6) is 0. The molecule has 0 aliphatic rings. The summed E-state index contributed by atoms with van der Waals surface area (Å²) in [4.78, 5) is 15.6. The van der Waals surface area contributed by atoms with E-state index < -0.39 is 22.4 Å². The van der Waals surface area contributed by atoms with Crippen LogP contribution in [-0.2, 0) is 6.18 Å². The highest BCUT2D eigenvalue weighted by atomic mass is 32.2. The van der Waals surface area contributed by atoms with Gasteiger partial charge in [0, 0.05) is 22.0 Å². The maximum absolute atomic E-state index is 12.8. The van der Waals surface area contributed by atoms with Crippen molar-refractivity contribution in [2.24, 2.45) is 0 Å². The molecule has 3 rings (SSSR count). The van der Waals surface area contributed by atoms with Gasteiger partial charge in [0.1, 0.15) is 0 Å². The second-order valence-corrected chi connectivity index (χ2v) is 6.40. The van der Waals surface area contributed by atoms with Gasteiger partial charge in [0.2, 0.25) is 0 Å². The fraction of sp³-hybridized carbons (Fsp3) is 0.118. The van der Waals surface area contributed by atoms with Crippen LogP contribution in [0.2, 0.25) is 0 Å². The number of aromatic nitrogens is 1. The van der Waals surface area contributed by atoms with E-state index in [0.717, 1.165) is 35.0 Å². The number of pyridine rings is 1. The Hall–Kier alpha value is -2.61. The Morgan fingerprint density at radius 1 is 1.08 bits per heavy atom. The molecule has 0 atom stereocenters. The molecule has 2 aromatic carbocycles. The van der Waals surface area contributed by atoms with Crippen LogP contribution in [0.4, 0.5) is 18.9 Å². The van der Waals surface area contributed by atoms with Gasteiger partial charge in [0.15, 0.2) is 0 Å². The van der Waals surface area contributed by atoms with Gasteiger partial charge in [-0.3, -0.25) is 15.1 Å². The fourth-order valence-electron chi connectivity index (χ4n) is 2.34. The lowest BCUT2D eigenvalue weighted by atomic mass is 10.2. The van der Waals surface area contributed by atoms with Crippen LogP contribution < -0.4 is 0 Å². The molecule has 0 N–H and O–H groups in total. The number of benzene rings is 2. The number of hydrogen-bond acceptors (Lipinski definition) is 4. The van der Waals surface area contributed by atoms with Crippen molar-refractivity contribution < 1.29 is 18.1 Å². The lowest BCUT2D eigenvalue weighted by Gasteiger charge is -2.10. The van der Waals surface area contributed by atoms with E-state index in [4.69, 9.17) is 0 Å². The maximum atomic E-state index is 12.8. The molecule has 0 aliphatic heterocycles. The normalized spacial score (nSPS) is 11.7. The van der Waals surface area contributed by atoms with Crippen LogP contribution >= 0.6 is 11.8 Å². The molecule has 0 amide bonds. The Bertz CT molecular complexity index is 974. The second-order valence-electron chi connectivity index (χ2n) is 5.32. The van der Waals surface area contributed by atoms with Crippen molar-refractivity contribution in [2.75, 3.05) is 0 Å². The Morgan fingerprint density at radius 2 is 1.84 bits per heavy atom. The summed E-state index contributed by atoms with van der Waals surface area (Å²) < 4.78 is 38.4. The zero-order valence-corrected chi connectivity index (χ0v) is 13.7. The molecule has 1 heterocycles. The first kappa shape index (κ1) is 17.2. The minimum Gasteiger partial charge on any atom is -0.258 e. The van der Waals surface area contributed by atoms with E-state index in [1.807, 2.05) is 25.1 Å². The van der Waals surface area contributed by atoms with Gasteiger partial charge in [-0.2, -0.15) is 13.2 Å². The molecule has 3 aromatic rings. The van der Waals surface area contributed by atoms with Gasteiger partial charge in [-0.05, 0) is 31.2 Å². The molecule has 0 bridgehead atoms. The first-order chi connectivity index (χ1) is 11.8. The Kier molecular flexibility index (Phi) is 4.38. The number of nitrogens with zero attached hydrogens (tertiary/aromatic N) is 2. The number of alkyl halides is 3. The second kappa shape index (κ2) is 6.36. The zero-order valence-electron chi connectivity index (χ0n) is 12.9. The van der Waals surface area contributed by atoms with Gasteiger partial charge in [0.05, 0.1) is 20.9 Å². The minimum absolute atomic E-state index is 0.133. The van der Waals surface area contributed by atoms with Gasteiger partial charge < -0.3 is 0 Å². The van der Waals surface area contributed by atoms with Gasteiger partial charge in [0.25, 0.3) is 5.69 Å². The third-order valence-corrected chi connectivity index (χ3v) is 4.64. The molecule has 0 fully saturated rings. The largest absolute Gasteiger partial charge is 0.416 e. The lowest BCUT2D eigenvalue weighted by molar-refractivity contribution is -0.388. The summed E-state index contributed by atoms with van der Waals surface area (Å²) >= 11 is 1.03. The Balaban J connectivity index is 2.09. The minimum atomic E-state index is -4.63. The molecule has 4 nitrogen and oxygen atoms in total. The summed E-state index contributed by atoms with van der Waals surface area (Å²) in [5, 5.41) is 12.1. The molecular weight excluding hydrogens is 353 g/mol. The SMILES string of the molecule is Cc1ccc2cccc(Sc3ccc(C(F)(F)F)cc3[N+](=O)[O-])c2n1. The van der Waals surface area contributed by atoms with Crippen molar-refractivity contribution >= 4 is 28.4 Å². The van der Waals surface area contributed by atoms with Crippen LogP contribution in [0.5, 0.6) is 0 Å². The van der Waals surface area contributed by atoms with E-state index in [1.165, 1.54) is 0 Å². The zero-order chi connectivity index (χ0) is 18.2. The topological polar surface area (TPSA) is 56.0 Å².